The van der Waals surface area contributed by atoms with Gasteiger partial charge in [-0.05, 0) is 18.1 Å². The van der Waals surface area contributed by atoms with E-state index in [4.69, 9.17) is 5.11 Å². The number of carbonyl (C=O) groups excluding carboxylic acids is 1. The molecular formula is C16H22N4O4. The molecule has 0 fully saturated rings. The van der Waals surface area contributed by atoms with E-state index in [1.54, 1.807) is 29.3 Å². The number of hydrogen-bond acceptors (Lipinski definition) is 4. The standard InChI is InChI=1S/C16H22N4O4/c1-12(2)11-18(9-7-15(22)23)14(21)6-10-20-16(24)19-8-4-3-5-13(19)17-20/h3-5,8,12H,6-7,9-11H2,1-2H3,(H,22,23). The summed E-state index contributed by atoms with van der Waals surface area (Å²) in [5.74, 6) is -0.873. The highest BCUT2D eigenvalue weighted by Gasteiger charge is 2.17. The van der Waals surface area contributed by atoms with Crippen LogP contribution >= 0.6 is 0 Å². The minimum Gasteiger partial charge on any atom is -0.481 e. The topological polar surface area (TPSA) is 96.9 Å². The SMILES string of the molecule is CC(C)CN(CCC(=O)O)C(=O)CCn1nc2ccccn2c1=O. The lowest BCUT2D eigenvalue weighted by Gasteiger charge is -2.24. The molecule has 0 spiro atoms. The lowest BCUT2D eigenvalue weighted by molar-refractivity contribution is -0.138. The predicted octanol–water partition coefficient (Wildman–Crippen LogP) is 0.845. The fourth-order valence-corrected chi connectivity index (χ4v) is 2.46. The van der Waals surface area contributed by atoms with Crippen LogP contribution in [-0.4, -0.2) is 49.2 Å². The maximum atomic E-state index is 12.4. The van der Waals surface area contributed by atoms with Crippen molar-refractivity contribution in [1.29, 1.82) is 0 Å². The molecule has 0 aliphatic heterocycles. The molecule has 8 heteroatoms. The molecule has 0 unspecified atom stereocenters. The van der Waals surface area contributed by atoms with E-state index < -0.39 is 5.97 Å². The Hall–Kier alpha value is -2.64. The number of nitrogens with zero attached hydrogens (tertiary/aromatic N) is 4. The average Bonchev–Trinajstić information content (AvgIpc) is 2.85. The van der Waals surface area contributed by atoms with Gasteiger partial charge < -0.3 is 10.0 Å². The number of aryl methyl sites for hydroxylation is 1. The van der Waals surface area contributed by atoms with E-state index in [9.17, 15) is 14.4 Å². The fraction of sp³-hybridized carbons (Fsp3) is 0.500. The van der Waals surface area contributed by atoms with Crippen molar-refractivity contribution in [2.24, 2.45) is 5.92 Å². The molecule has 0 saturated heterocycles. The van der Waals surface area contributed by atoms with E-state index in [1.165, 1.54) is 9.08 Å². The van der Waals surface area contributed by atoms with Crippen molar-refractivity contribution < 1.29 is 14.7 Å². The predicted molar refractivity (Wildman–Crippen MR) is 87.7 cm³/mol. The van der Waals surface area contributed by atoms with Crippen LogP contribution in [0.25, 0.3) is 5.65 Å². The smallest absolute Gasteiger partial charge is 0.350 e. The summed E-state index contributed by atoms with van der Waals surface area (Å²) in [6, 6.07) is 5.24. The van der Waals surface area contributed by atoms with Crippen molar-refractivity contribution in [3.05, 3.63) is 34.9 Å². The van der Waals surface area contributed by atoms with E-state index in [1.807, 2.05) is 13.8 Å². The number of rotatable bonds is 8. The van der Waals surface area contributed by atoms with Gasteiger partial charge in [0, 0.05) is 25.7 Å². The summed E-state index contributed by atoms with van der Waals surface area (Å²) in [4.78, 5) is 36.8. The third kappa shape index (κ3) is 4.43. The number of carboxylic acid groups (broad SMARTS) is 1. The Labute approximate surface area is 139 Å². The summed E-state index contributed by atoms with van der Waals surface area (Å²) in [5.41, 5.74) is 0.235. The third-order valence-corrected chi connectivity index (χ3v) is 3.56. The number of carboxylic acids is 1. The molecule has 0 atom stereocenters. The van der Waals surface area contributed by atoms with Crippen molar-refractivity contribution in [2.75, 3.05) is 13.1 Å². The third-order valence-electron chi connectivity index (χ3n) is 3.56. The van der Waals surface area contributed by atoms with E-state index >= 15 is 0 Å². The second kappa shape index (κ2) is 7.76. The highest BCUT2D eigenvalue weighted by atomic mass is 16.4. The minimum atomic E-state index is -0.937. The van der Waals surface area contributed by atoms with Crippen molar-refractivity contribution in [1.82, 2.24) is 19.1 Å². The monoisotopic (exact) mass is 334 g/mol. The summed E-state index contributed by atoms with van der Waals surface area (Å²) in [6.07, 6.45) is 1.64. The minimum absolute atomic E-state index is 0.0905. The zero-order valence-corrected chi connectivity index (χ0v) is 13.9. The Morgan fingerprint density at radius 2 is 2.04 bits per heavy atom. The van der Waals surface area contributed by atoms with E-state index in [2.05, 4.69) is 5.10 Å². The molecule has 0 radical (unpaired) electrons. The zero-order valence-electron chi connectivity index (χ0n) is 13.9. The van der Waals surface area contributed by atoms with Crippen LogP contribution in [0.3, 0.4) is 0 Å². The molecule has 1 amide bonds. The molecule has 130 valence electrons. The quantitative estimate of drug-likeness (QED) is 0.772. The first kappa shape index (κ1) is 17.7. The van der Waals surface area contributed by atoms with Gasteiger partial charge in [-0.25, -0.2) is 9.48 Å². The van der Waals surface area contributed by atoms with E-state index in [0.717, 1.165) is 0 Å². The molecule has 0 bridgehead atoms. The van der Waals surface area contributed by atoms with Gasteiger partial charge in [-0.2, -0.15) is 0 Å². The Morgan fingerprint density at radius 1 is 1.29 bits per heavy atom. The second-order valence-electron chi connectivity index (χ2n) is 6.06. The average molecular weight is 334 g/mol. The molecule has 2 aromatic heterocycles. The van der Waals surface area contributed by atoms with Crippen LogP contribution in [0, 0.1) is 5.92 Å². The largest absolute Gasteiger partial charge is 0.481 e. The first-order valence-corrected chi connectivity index (χ1v) is 7.92. The fourth-order valence-electron chi connectivity index (χ4n) is 2.46. The summed E-state index contributed by atoms with van der Waals surface area (Å²) >= 11 is 0. The number of aliphatic carboxylic acids is 1. The van der Waals surface area contributed by atoms with Gasteiger partial charge in [0.1, 0.15) is 0 Å². The van der Waals surface area contributed by atoms with Crippen molar-refractivity contribution in [2.45, 2.75) is 33.2 Å². The van der Waals surface area contributed by atoms with Crippen LogP contribution in [0.2, 0.25) is 0 Å². The first-order valence-electron chi connectivity index (χ1n) is 7.92. The number of amides is 1. The molecule has 2 rings (SSSR count). The van der Waals surface area contributed by atoms with Crippen molar-refractivity contribution in [3.63, 3.8) is 0 Å². The normalized spacial score (nSPS) is 11.1. The number of pyridine rings is 1. The van der Waals surface area contributed by atoms with Gasteiger partial charge in [-0.15, -0.1) is 5.10 Å². The van der Waals surface area contributed by atoms with Gasteiger partial charge >= 0.3 is 11.7 Å². The number of aromatic nitrogens is 3. The molecule has 1 N–H and O–H groups in total. The molecule has 8 nitrogen and oxygen atoms in total. The number of fused-ring (bicyclic) bond motifs is 1. The van der Waals surface area contributed by atoms with Gasteiger partial charge in [0.05, 0.1) is 13.0 Å². The van der Waals surface area contributed by atoms with Gasteiger partial charge in [-0.3, -0.25) is 14.0 Å². The van der Waals surface area contributed by atoms with Crippen LogP contribution in [0.5, 0.6) is 0 Å². The molecule has 0 aliphatic carbocycles. The van der Waals surface area contributed by atoms with Gasteiger partial charge in [0.15, 0.2) is 5.65 Å². The Morgan fingerprint density at radius 3 is 2.67 bits per heavy atom. The molecular weight excluding hydrogens is 312 g/mol. The molecule has 2 heterocycles. The summed E-state index contributed by atoms with van der Waals surface area (Å²) in [5, 5.41) is 13.0. The van der Waals surface area contributed by atoms with Crippen LogP contribution < -0.4 is 5.69 Å². The highest BCUT2D eigenvalue weighted by molar-refractivity contribution is 5.77. The second-order valence-corrected chi connectivity index (χ2v) is 6.06. The Balaban J connectivity index is 2.04. The number of hydrogen-bond donors (Lipinski definition) is 1. The van der Waals surface area contributed by atoms with Crippen molar-refractivity contribution in [3.8, 4) is 0 Å². The van der Waals surface area contributed by atoms with Crippen LogP contribution in [0.4, 0.5) is 0 Å². The Kier molecular flexibility index (Phi) is 5.73. The molecule has 0 saturated carbocycles. The van der Waals surface area contributed by atoms with Crippen LogP contribution in [-0.2, 0) is 16.1 Å². The summed E-state index contributed by atoms with van der Waals surface area (Å²) < 4.78 is 2.68. The maximum Gasteiger partial charge on any atom is 0.350 e. The van der Waals surface area contributed by atoms with E-state index in [0.29, 0.717) is 12.2 Å². The lowest BCUT2D eigenvalue weighted by atomic mass is 10.2. The summed E-state index contributed by atoms with van der Waals surface area (Å²) in [6.45, 7) is 4.76. The molecule has 2 aromatic rings. The molecule has 0 aromatic carbocycles. The van der Waals surface area contributed by atoms with Gasteiger partial charge in [0.2, 0.25) is 5.91 Å². The van der Waals surface area contributed by atoms with Crippen molar-refractivity contribution >= 4 is 17.5 Å². The van der Waals surface area contributed by atoms with Crippen LogP contribution in [0.1, 0.15) is 26.7 Å². The Bertz CT molecular complexity index is 778. The molecule has 24 heavy (non-hydrogen) atoms. The van der Waals surface area contributed by atoms with Gasteiger partial charge in [0.25, 0.3) is 0 Å². The maximum absolute atomic E-state index is 12.4. The first-order chi connectivity index (χ1) is 11.4. The van der Waals surface area contributed by atoms with E-state index in [-0.39, 0.29) is 43.4 Å². The zero-order chi connectivity index (χ0) is 17.7. The molecule has 0 aliphatic rings. The van der Waals surface area contributed by atoms with Gasteiger partial charge in [-0.1, -0.05) is 19.9 Å². The summed E-state index contributed by atoms with van der Waals surface area (Å²) in [7, 11) is 0. The highest BCUT2D eigenvalue weighted by Crippen LogP contribution is 2.04. The number of carbonyl (C=O) groups is 2. The lowest BCUT2D eigenvalue weighted by Crippen LogP contribution is -2.37. The van der Waals surface area contributed by atoms with Crippen LogP contribution in [0.15, 0.2) is 29.2 Å².